The van der Waals surface area contributed by atoms with Crippen LogP contribution in [-0.2, 0) is 0 Å². The summed E-state index contributed by atoms with van der Waals surface area (Å²) < 4.78 is 0. The molecule has 117 heavy (non-hydrogen) atoms. The second-order valence-corrected chi connectivity index (χ2v) is 23.9. The Morgan fingerprint density at radius 2 is 0.530 bits per heavy atom. The largest absolute Gasteiger partial charge is 0.264 e. The summed E-state index contributed by atoms with van der Waals surface area (Å²) in [5.41, 5.74) is 16.7. The van der Waals surface area contributed by atoms with Crippen LogP contribution in [0.5, 0.6) is 0 Å². The van der Waals surface area contributed by atoms with Crippen LogP contribution in [0.1, 0.15) is 175 Å². The van der Waals surface area contributed by atoms with Crippen LogP contribution in [0, 0.1) is 62.3 Å². The Morgan fingerprint density at radius 3 is 1.15 bits per heavy atom. The highest BCUT2D eigenvalue weighted by atomic mass is 14.9. The van der Waals surface area contributed by atoms with E-state index in [0.717, 1.165) is 66.9 Å². The fraction of sp³-hybridized carbons (Fsp3) is 0.255. The molecule has 9 aromatic heterocycles. The van der Waals surface area contributed by atoms with E-state index in [9.17, 15) is 0 Å². The first kappa shape index (κ1) is 103. The molecule has 18 rings (SSSR count). The van der Waals surface area contributed by atoms with E-state index in [1.807, 2.05) is 342 Å². The Hall–Kier alpha value is -12.5. The fourth-order valence-electron chi connectivity index (χ4n) is 10.4. The molecule has 0 spiro atoms. The van der Waals surface area contributed by atoms with E-state index < -0.39 is 0 Å². The molecule has 0 saturated heterocycles. The van der Waals surface area contributed by atoms with Crippen LogP contribution in [0.2, 0.25) is 0 Å². The van der Waals surface area contributed by atoms with Crippen molar-refractivity contribution >= 4 is 97.9 Å². The van der Waals surface area contributed by atoms with Gasteiger partial charge >= 0.3 is 0 Å². The molecule has 18 aromatic rings. The molecule has 0 aliphatic heterocycles. The van der Waals surface area contributed by atoms with Crippen LogP contribution >= 0.6 is 0 Å². The first-order valence-electron chi connectivity index (χ1n) is 41.8. The molecule has 0 aliphatic rings. The molecule has 0 unspecified atom stereocenters. The quantitative estimate of drug-likeness (QED) is 0.143. The van der Waals surface area contributed by atoms with Crippen molar-refractivity contribution in [2.75, 3.05) is 0 Å². The van der Waals surface area contributed by atoms with Gasteiger partial charge in [0.25, 0.3) is 0 Å². The normalized spacial score (nSPS) is 9.15. The van der Waals surface area contributed by atoms with Crippen LogP contribution < -0.4 is 0 Å². The number of rotatable bonds is 0. The molecular weight excluding hydrogens is 1430 g/mol. The summed E-state index contributed by atoms with van der Waals surface area (Å²) in [6.45, 7) is 54.3. The average Bonchev–Trinajstić information content (AvgIpc) is 0.931. The molecule has 0 atom stereocenters. The predicted octanol–water partition coefficient (Wildman–Crippen LogP) is 30.9. The van der Waals surface area contributed by atoms with Gasteiger partial charge in [-0.3, -0.25) is 39.9 Å². The molecule has 0 bridgehead atoms. The molecule has 0 aliphatic carbocycles. The van der Waals surface area contributed by atoms with E-state index in [1.165, 1.54) is 81.7 Å². The lowest BCUT2D eigenvalue weighted by Crippen LogP contribution is -1.86. The minimum Gasteiger partial charge on any atom is -0.264 e. The smallest absolute Gasteiger partial charge is 0.125 e. The summed E-state index contributed by atoms with van der Waals surface area (Å²) in [5, 5.41) is 13.4. The second kappa shape index (κ2) is 62.9. The van der Waals surface area contributed by atoms with Crippen molar-refractivity contribution in [1.29, 1.82) is 0 Å². The highest BCUT2D eigenvalue weighted by molar-refractivity contribution is 5.85. The van der Waals surface area contributed by atoms with Gasteiger partial charge in [0.15, 0.2) is 0 Å². The van der Waals surface area contributed by atoms with Gasteiger partial charge in [-0.15, -0.1) is 0 Å². The number of pyridine rings is 7. The molecule has 9 aromatic carbocycles. The van der Waals surface area contributed by atoms with E-state index >= 15 is 0 Å². The van der Waals surface area contributed by atoms with Crippen LogP contribution in [0.4, 0.5) is 0 Å². The third kappa shape index (κ3) is 38.0. The van der Waals surface area contributed by atoms with Crippen LogP contribution in [0.3, 0.4) is 0 Å². The van der Waals surface area contributed by atoms with Crippen molar-refractivity contribution < 1.29 is 0 Å². The number of hydrogen-bond acceptors (Lipinski definition) is 11. The number of fused-ring (bicyclic) bond motifs is 9. The maximum Gasteiger partial charge on any atom is 0.125 e. The van der Waals surface area contributed by atoms with E-state index in [0.29, 0.717) is 0 Å². The third-order valence-corrected chi connectivity index (χ3v) is 15.5. The van der Waals surface area contributed by atoms with Crippen molar-refractivity contribution in [2.24, 2.45) is 0 Å². The number of hydrogen-bond donors (Lipinski definition) is 0. The topological polar surface area (TPSA) is 142 Å². The van der Waals surface area contributed by atoms with Gasteiger partial charge in [0.1, 0.15) is 5.82 Å². The maximum atomic E-state index is 4.38. The summed E-state index contributed by atoms with van der Waals surface area (Å²) in [6, 6.07) is 86.1. The number of aryl methyl sites for hydroxylation is 9. The van der Waals surface area contributed by atoms with Gasteiger partial charge < -0.3 is 0 Å². The zero-order valence-corrected chi connectivity index (χ0v) is 75.4. The monoisotopic (exact) mass is 1560 g/mol. The van der Waals surface area contributed by atoms with Crippen LogP contribution in [0.25, 0.3) is 97.9 Å². The second-order valence-electron chi connectivity index (χ2n) is 23.9. The Kier molecular flexibility index (Phi) is 55.1. The molecule has 0 N–H and O–H groups in total. The summed E-state index contributed by atoms with van der Waals surface area (Å²) in [5.74, 6) is 0.823. The fourth-order valence-corrected chi connectivity index (χ4v) is 10.4. The minimum absolute atomic E-state index is 0.823. The average molecular weight is 1560 g/mol. The Morgan fingerprint density at radius 1 is 0.162 bits per heavy atom. The number of nitrogens with zero attached hydrogens (tertiary/aromatic N) is 11. The first-order valence-corrected chi connectivity index (χ1v) is 41.8. The van der Waals surface area contributed by atoms with Crippen molar-refractivity contribution in [2.45, 2.75) is 187 Å². The zero-order chi connectivity index (χ0) is 87.1. The first-order chi connectivity index (χ1) is 57.2. The summed E-state index contributed by atoms with van der Waals surface area (Å²) in [6.07, 6.45) is 18.5. The lowest BCUT2D eigenvalue weighted by Gasteiger charge is -1.96. The molecule has 11 nitrogen and oxygen atoms in total. The predicted molar refractivity (Wildman–Crippen MR) is 516 cm³/mol. The highest BCUT2D eigenvalue weighted by Crippen LogP contribution is 2.19. The van der Waals surface area contributed by atoms with Crippen LogP contribution in [0.15, 0.2) is 317 Å². The zero-order valence-electron chi connectivity index (χ0n) is 75.4. The summed E-state index contributed by atoms with van der Waals surface area (Å²) in [4.78, 5) is 46.3. The molecule has 0 amide bonds. The van der Waals surface area contributed by atoms with E-state index in [4.69, 9.17) is 0 Å². The summed E-state index contributed by atoms with van der Waals surface area (Å²) in [7, 11) is 0. The van der Waals surface area contributed by atoms with E-state index in [1.54, 1.807) is 6.20 Å². The molecule has 11 heteroatoms. The van der Waals surface area contributed by atoms with Crippen molar-refractivity contribution in [3.05, 3.63) is 367 Å². The van der Waals surface area contributed by atoms with Crippen molar-refractivity contribution in [3.8, 4) is 0 Å². The lowest BCUT2D eigenvalue weighted by atomic mass is 10.1. The number of benzene rings is 9. The van der Waals surface area contributed by atoms with Gasteiger partial charge in [0.05, 0.1) is 44.3 Å². The molecule has 0 radical (unpaired) electrons. The standard InChI is InChI=1S/7C10H9N.2C9H8N2.9C2H6/c1-8-2-3-10-7-11-5-4-9(10)6-8;1-8-2-3-9-4-5-11-7-10(9)6-8;1-8-4-5-10-9(7-8)3-2-6-11-10;1-8-4-5-9-3-2-6-11-10(9)7-8;1-8-6-9-4-2-3-5-10(9)7-11-8;1-8-6-9-4-2-3-5-10(9)11-7-8;1-8-6-7-9-4-2-3-5-10(9)11-8;1-7-10-6-8-4-2-3-5-9(8)11-7;1-7-6-10-8-4-2-3-5-9(8)11-7;9*1-2/h7*2-7H,1H3;2*2-6H,1H3;9*1-2H3. The van der Waals surface area contributed by atoms with E-state index in [2.05, 4.69) is 211 Å². The SMILES string of the molecule is CC.CC.CC.CC.CC.CC.CC.CC.CC.Cc1cc2ccccc2cn1.Cc1ccc2ccccc2n1.Cc1ccc2cccnc2c1.Cc1ccc2ccncc2c1.Cc1ccc2cnccc2c1.Cc1ccc2ncccc2c1.Cc1cnc2ccccc2c1.Cc1cnc2ccccc2n1.Cc1ncc2ccccc2n1. The molecular formula is C106H133N11. The van der Waals surface area contributed by atoms with Crippen LogP contribution in [-0.4, -0.2) is 54.8 Å². The lowest BCUT2D eigenvalue weighted by molar-refractivity contribution is 1.09. The molecule has 0 saturated carbocycles. The van der Waals surface area contributed by atoms with Gasteiger partial charge in [-0.25, -0.2) is 15.0 Å². The van der Waals surface area contributed by atoms with Gasteiger partial charge in [-0.2, -0.15) is 0 Å². The van der Waals surface area contributed by atoms with Crippen molar-refractivity contribution in [3.63, 3.8) is 0 Å². The van der Waals surface area contributed by atoms with Gasteiger partial charge in [0.2, 0.25) is 0 Å². The molecule has 0 fully saturated rings. The third-order valence-electron chi connectivity index (χ3n) is 15.5. The van der Waals surface area contributed by atoms with E-state index in [-0.39, 0.29) is 0 Å². The number of para-hydroxylation sites is 5. The maximum absolute atomic E-state index is 4.38. The highest BCUT2D eigenvalue weighted by Gasteiger charge is 1.99. The van der Waals surface area contributed by atoms with Crippen molar-refractivity contribution in [1.82, 2.24) is 54.8 Å². The van der Waals surface area contributed by atoms with Gasteiger partial charge in [-0.1, -0.05) is 299 Å². The van der Waals surface area contributed by atoms with Gasteiger partial charge in [-0.05, 0) is 187 Å². The van der Waals surface area contributed by atoms with Gasteiger partial charge in [0, 0.05) is 116 Å². The Balaban J connectivity index is 0.000000642. The number of aromatic nitrogens is 11. The molecule has 9 heterocycles. The Bertz CT molecular complexity index is 4520. The molecule has 612 valence electrons. The minimum atomic E-state index is 0.823. The summed E-state index contributed by atoms with van der Waals surface area (Å²) >= 11 is 0. The Labute approximate surface area is 702 Å².